The standard InChI is InChI=1S/C12H26O.2HO3P/c1-2-3-4-5-6-7-8-9-10-11-12-13;2*1-4(2)3/h13H,2-12H2,1H3;2*(H-,1,2,3)/p+2. The van der Waals surface area contributed by atoms with Gasteiger partial charge < -0.3 is 5.11 Å². The smallest absolute Gasteiger partial charge is 0.396 e. The van der Waals surface area contributed by atoms with Crippen molar-refractivity contribution in [2.45, 2.75) is 71.1 Å². The lowest BCUT2D eigenvalue weighted by Crippen LogP contribution is -1.84. The zero-order valence-corrected chi connectivity index (χ0v) is 14.5. The van der Waals surface area contributed by atoms with E-state index in [2.05, 4.69) is 6.92 Å². The molecule has 0 aliphatic carbocycles. The minimum atomic E-state index is -2.87. The minimum absolute atomic E-state index is 0.372. The summed E-state index contributed by atoms with van der Waals surface area (Å²) in [6.07, 6.45) is 13.3. The summed E-state index contributed by atoms with van der Waals surface area (Å²) in [6.45, 7) is 2.63. The van der Waals surface area contributed by atoms with Gasteiger partial charge in [0.25, 0.3) is 0 Å². The highest BCUT2D eigenvalue weighted by atomic mass is 31.1. The maximum Gasteiger partial charge on any atom is 0.692 e. The molecule has 0 aliphatic rings. The van der Waals surface area contributed by atoms with Gasteiger partial charge in [0.05, 0.1) is 0 Å². The maximum atomic E-state index is 8.70. The maximum absolute atomic E-state index is 8.70. The summed E-state index contributed by atoms with van der Waals surface area (Å²) >= 11 is 0. The molecule has 0 fully saturated rings. The first-order valence-electron chi connectivity index (χ1n) is 7.19. The van der Waals surface area contributed by atoms with Gasteiger partial charge in [-0.1, -0.05) is 64.7 Å². The summed E-state index contributed by atoms with van der Waals surface area (Å²) in [7, 11) is -5.74. The third-order valence-corrected chi connectivity index (χ3v) is 2.51. The summed E-state index contributed by atoms with van der Waals surface area (Å²) in [4.78, 5) is 28.5. The van der Waals surface area contributed by atoms with Crippen LogP contribution in [0, 0.1) is 0 Å². The summed E-state index contributed by atoms with van der Waals surface area (Å²) < 4.78 is 17.4. The van der Waals surface area contributed by atoms with Crippen molar-refractivity contribution in [3.8, 4) is 0 Å². The normalized spacial score (nSPS) is 9.05. The first-order chi connectivity index (χ1) is 9.88. The molecule has 0 rings (SSSR count). The highest BCUT2D eigenvalue weighted by Gasteiger charge is 1.93. The van der Waals surface area contributed by atoms with E-state index in [1.165, 1.54) is 57.8 Å². The zero-order chi connectivity index (χ0) is 16.9. The predicted octanol–water partition coefficient (Wildman–Crippen LogP) is 3.16. The Kier molecular flexibility index (Phi) is 30.8. The molecule has 0 bridgehead atoms. The monoisotopic (exact) mass is 348 g/mol. The molecule has 0 heterocycles. The lowest BCUT2D eigenvalue weighted by Gasteiger charge is -2.00. The first kappa shape index (κ1) is 25.9. The van der Waals surface area contributed by atoms with Gasteiger partial charge in [0, 0.05) is 15.7 Å². The first-order valence-corrected chi connectivity index (χ1v) is 9.52. The Morgan fingerprint density at radius 3 is 1.10 bits per heavy atom. The summed E-state index contributed by atoms with van der Waals surface area (Å²) in [6, 6.07) is 0. The number of aliphatic hydroxyl groups excluding tert-OH is 1. The Morgan fingerprint density at radius 1 is 0.619 bits per heavy atom. The number of rotatable bonds is 10. The molecule has 0 aromatic carbocycles. The molecule has 0 aromatic heterocycles. The van der Waals surface area contributed by atoms with Gasteiger partial charge in [-0.25, -0.2) is 0 Å². The lowest BCUT2D eigenvalue weighted by atomic mass is 10.1. The highest BCUT2D eigenvalue weighted by Crippen LogP contribution is 2.10. The quantitative estimate of drug-likeness (QED) is 0.302. The highest BCUT2D eigenvalue weighted by molar-refractivity contribution is 7.31. The van der Waals surface area contributed by atoms with Gasteiger partial charge in [0.1, 0.15) is 0 Å². The van der Waals surface area contributed by atoms with E-state index in [0.717, 1.165) is 6.42 Å². The van der Waals surface area contributed by atoms with Crippen LogP contribution in [-0.2, 0) is 9.13 Å². The van der Waals surface area contributed by atoms with Gasteiger partial charge in [0.15, 0.2) is 0 Å². The fraction of sp³-hybridized carbons (Fsp3) is 1.00. The van der Waals surface area contributed by atoms with Crippen LogP contribution in [0.2, 0.25) is 0 Å². The van der Waals surface area contributed by atoms with Crippen molar-refractivity contribution in [1.29, 1.82) is 0 Å². The molecular formula is C12H30O7P2+2. The van der Waals surface area contributed by atoms with Gasteiger partial charge in [-0.2, -0.15) is 0 Å². The Hall–Kier alpha value is -0.0000000000000000416. The fourth-order valence-corrected chi connectivity index (χ4v) is 1.60. The second-order valence-electron chi connectivity index (χ2n) is 4.41. The molecule has 0 atom stereocenters. The average Bonchev–Trinajstić information content (AvgIpc) is 2.35. The summed E-state index contributed by atoms with van der Waals surface area (Å²) in [5, 5.41) is 8.57. The zero-order valence-electron chi connectivity index (χ0n) is 12.7. The predicted molar refractivity (Wildman–Crippen MR) is 83.0 cm³/mol. The average molecular weight is 348 g/mol. The third kappa shape index (κ3) is 64.8. The van der Waals surface area contributed by atoms with Crippen molar-refractivity contribution < 1.29 is 33.8 Å². The van der Waals surface area contributed by atoms with E-state index in [1.807, 2.05) is 0 Å². The Bertz CT molecular complexity index is 198. The van der Waals surface area contributed by atoms with Gasteiger partial charge in [-0.05, 0) is 6.42 Å². The van der Waals surface area contributed by atoms with E-state index in [4.69, 9.17) is 33.8 Å². The minimum Gasteiger partial charge on any atom is -0.396 e. The van der Waals surface area contributed by atoms with Crippen LogP contribution in [0.25, 0.3) is 0 Å². The Morgan fingerprint density at radius 2 is 0.857 bits per heavy atom. The molecule has 0 aliphatic heterocycles. The van der Waals surface area contributed by atoms with Crippen molar-refractivity contribution in [3.63, 3.8) is 0 Å². The van der Waals surface area contributed by atoms with Crippen LogP contribution in [0.3, 0.4) is 0 Å². The van der Waals surface area contributed by atoms with Crippen molar-refractivity contribution in [3.05, 3.63) is 0 Å². The van der Waals surface area contributed by atoms with Gasteiger partial charge >= 0.3 is 16.5 Å². The van der Waals surface area contributed by atoms with Crippen molar-refractivity contribution in [2.75, 3.05) is 6.61 Å². The van der Waals surface area contributed by atoms with Crippen LogP contribution in [0.5, 0.6) is 0 Å². The van der Waals surface area contributed by atoms with Gasteiger partial charge in [-0.3, -0.25) is 0 Å². The number of aliphatic hydroxyl groups is 1. The molecule has 0 saturated carbocycles. The van der Waals surface area contributed by atoms with Crippen molar-refractivity contribution in [1.82, 2.24) is 0 Å². The van der Waals surface area contributed by atoms with E-state index in [1.54, 1.807) is 0 Å². The van der Waals surface area contributed by atoms with Crippen LogP contribution in [0.1, 0.15) is 71.1 Å². The molecule has 0 saturated heterocycles. The second kappa shape index (κ2) is 25.0. The summed E-state index contributed by atoms with van der Waals surface area (Å²) in [5.74, 6) is 0. The van der Waals surface area contributed by atoms with Crippen LogP contribution < -0.4 is 0 Å². The number of hydrogen-bond acceptors (Lipinski definition) is 3. The van der Waals surface area contributed by atoms with E-state index in [0.29, 0.717) is 6.61 Å². The topological polar surface area (TPSA) is 135 Å². The van der Waals surface area contributed by atoms with Crippen LogP contribution in [0.4, 0.5) is 0 Å². The van der Waals surface area contributed by atoms with E-state index in [-0.39, 0.29) is 0 Å². The molecule has 0 spiro atoms. The van der Waals surface area contributed by atoms with Crippen molar-refractivity contribution in [2.24, 2.45) is 0 Å². The fourth-order valence-electron chi connectivity index (χ4n) is 1.60. The van der Waals surface area contributed by atoms with Crippen LogP contribution >= 0.6 is 16.5 Å². The number of unbranched alkanes of at least 4 members (excludes halogenated alkanes) is 9. The number of hydrogen-bond donors (Lipinski definition) is 5. The van der Waals surface area contributed by atoms with Crippen molar-refractivity contribution >= 4 is 16.5 Å². The van der Waals surface area contributed by atoms with E-state index in [9.17, 15) is 0 Å². The van der Waals surface area contributed by atoms with Crippen LogP contribution in [0.15, 0.2) is 0 Å². The lowest BCUT2D eigenvalue weighted by molar-refractivity contribution is 0.282. The molecule has 0 amide bonds. The molecule has 0 aromatic rings. The van der Waals surface area contributed by atoms with Gasteiger partial charge in [0.2, 0.25) is 0 Å². The molecule has 9 heteroatoms. The molecule has 0 unspecified atom stereocenters. The van der Waals surface area contributed by atoms with Gasteiger partial charge in [-0.15, -0.1) is 19.6 Å². The van der Waals surface area contributed by atoms with E-state index >= 15 is 0 Å². The third-order valence-electron chi connectivity index (χ3n) is 2.51. The summed E-state index contributed by atoms with van der Waals surface area (Å²) in [5.41, 5.74) is 0. The molecule has 5 N–H and O–H groups in total. The van der Waals surface area contributed by atoms with Crippen LogP contribution in [-0.4, -0.2) is 31.3 Å². The molecule has 21 heavy (non-hydrogen) atoms. The Balaban J connectivity index is -0.000000334. The molecular weight excluding hydrogens is 318 g/mol. The molecule has 0 radical (unpaired) electrons. The second-order valence-corrected chi connectivity index (χ2v) is 5.42. The molecule has 7 nitrogen and oxygen atoms in total. The largest absolute Gasteiger partial charge is 0.692 e. The molecule has 128 valence electrons. The Labute approximate surface area is 128 Å². The van der Waals surface area contributed by atoms with E-state index < -0.39 is 16.5 Å². The SMILES string of the molecule is CCCCCCCCCCCCO.O=[P+](O)O.O=[P+](O)O.